The predicted molar refractivity (Wildman–Crippen MR) is 118 cm³/mol. The van der Waals surface area contributed by atoms with Gasteiger partial charge in [-0.3, -0.25) is 10.1 Å². The maximum atomic E-state index is 12.9. The van der Waals surface area contributed by atoms with Gasteiger partial charge >= 0.3 is 0 Å². The Balaban J connectivity index is 1.90. The molecule has 29 heavy (non-hydrogen) atoms. The van der Waals surface area contributed by atoms with Crippen LogP contribution >= 0.6 is 11.3 Å². The van der Waals surface area contributed by atoms with Gasteiger partial charge in [0.25, 0.3) is 5.91 Å². The topological polar surface area (TPSA) is 79.4 Å². The van der Waals surface area contributed by atoms with Gasteiger partial charge < -0.3 is 0 Å². The molecule has 0 unspecified atom stereocenters. The summed E-state index contributed by atoms with van der Waals surface area (Å²) in [7, 11) is -3.70. The van der Waals surface area contributed by atoms with Crippen molar-refractivity contribution in [2.45, 2.75) is 11.8 Å². The van der Waals surface area contributed by atoms with Crippen molar-refractivity contribution in [3.63, 3.8) is 0 Å². The fraction of sp³-hybridized carbons (Fsp3) is 0.143. The Morgan fingerprint density at radius 1 is 1.17 bits per heavy atom. The van der Waals surface area contributed by atoms with Gasteiger partial charge in [-0.2, -0.15) is 4.31 Å². The van der Waals surface area contributed by atoms with E-state index in [1.807, 2.05) is 19.1 Å². The minimum atomic E-state index is -3.70. The smallest absolute Gasteiger partial charge is 0.257 e. The molecule has 1 amide bonds. The van der Waals surface area contributed by atoms with Crippen molar-refractivity contribution in [2.24, 2.45) is 0 Å². The summed E-state index contributed by atoms with van der Waals surface area (Å²) in [6.45, 7) is 9.47. The quantitative estimate of drug-likeness (QED) is 0.546. The van der Waals surface area contributed by atoms with Gasteiger partial charge in [0.1, 0.15) is 0 Å². The lowest BCUT2D eigenvalue weighted by Gasteiger charge is -2.18. The first kappa shape index (κ1) is 20.9. The van der Waals surface area contributed by atoms with Crippen LogP contribution in [0.3, 0.4) is 0 Å². The number of hydrogen-bond donors (Lipinski definition) is 1. The van der Waals surface area contributed by atoms with Crippen LogP contribution in [0.5, 0.6) is 0 Å². The summed E-state index contributed by atoms with van der Waals surface area (Å²) in [5.74, 6) is -0.252. The van der Waals surface area contributed by atoms with Crippen LogP contribution in [0.15, 0.2) is 72.7 Å². The van der Waals surface area contributed by atoms with Crippen LogP contribution in [0, 0.1) is 6.92 Å². The number of thiazole rings is 1. The molecule has 1 aromatic heterocycles. The molecule has 0 saturated carbocycles. The molecule has 0 atom stereocenters. The molecule has 0 fully saturated rings. The Kier molecular flexibility index (Phi) is 6.26. The second-order valence-corrected chi connectivity index (χ2v) is 9.29. The number of hydrogen-bond acceptors (Lipinski definition) is 5. The molecule has 0 saturated heterocycles. The third-order valence-corrected chi connectivity index (χ3v) is 7.03. The Bertz CT molecular complexity index is 1170. The molecule has 0 spiro atoms. The summed E-state index contributed by atoms with van der Waals surface area (Å²) in [6, 6.07) is 12.0. The average molecular weight is 428 g/mol. The molecule has 0 radical (unpaired) electrons. The van der Waals surface area contributed by atoms with E-state index < -0.39 is 10.0 Å². The second kappa shape index (κ2) is 8.69. The molecule has 8 heteroatoms. The average Bonchev–Trinajstić information content (AvgIpc) is 3.09. The Morgan fingerprint density at radius 3 is 2.52 bits per heavy atom. The summed E-state index contributed by atoms with van der Waals surface area (Å²) >= 11 is 1.23. The fourth-order valence-corrected chi connectivity index (χ4v) is 5.20. The first-order chi connectivity index (χ1) is 13.9. The lowest BCUT2D eigenvalue weighted by atomic mass is 10.1. The van der Waals surface area contributed by atoms with Gasteiger partial charge in [0.05, 0.1) is 15.1 Å². The van der Waals surface area contributed by atoms with Crippen molar-refractivity contribution < 1.29 is 13.2 Å². The van der Waals surface area contributed by atoms with Crippen molar-refractivity contribution in [3.8, 4) is 0 Å². The van der Waals surface area contributed by atoms with E-state index in [2.05, 4.69) is 23.5 Å². The van der Waals surface area contributed by atoms with Gasteiger partial charge in [-0.05, 0) is 36.8 Å². The highest BCUT2D eigenvalue weighted by Crippen LogP contribution is 2.29. The molecular formula is C21H21N3O3S2. The van der Waals surface area contributed by atoms with Gasteiger partial charge in [0, 0.05) is 18.7 Å². The molecule has 0 aliphatic rings. The highest BCUT2D eigenvalue weighted by molar-refractivity contribution is 7.89. The Hall–Kier alpha value is -2.81. The summed E-state index contributed by atoms with van der Waals surface area (Å²) < 4.78 is 27.8. The van der Waals surface area contributed by atoms with E-state index in [9.17, 15) is 13.2 Å². The first-order valence-corrected chi connectivity index (χ1v) is 11.1. The van der Waals surface area contributed by atoms with Gasteiger partial charge in [-0.1, -0.05) is 41.7 Å². The molecule has 6 nitrogen and oxygen atoms in total. The third-order valence-electron chi connectivity index (χ3n) is 4.27. The van der Waals surface area contributed by atoms with Crippen molar-refractivity contribution in [1.29, 1.82) is 0 Å². The lowest BCUT2D eigenvalue weighted by Crippen LogP contribution is -2.31. The molecule has 3 aromatic rings. The van der Waals surface area contributed by atoms with Gasteiger partial charge in [0.15, 0.2) is 5.13 Å². The zero-order valence-corrected chi connectivity index (χ0v) is 17.6. The number of amides is 1. The molecule has 0 aliphatic heterocycles. The van der Waals surface area contributed by atoms with Crippen LogP contribution < -0.4 is 5.32 Å². The highest BCUT2D eigenvalue weighted by atomic mass is 32.2. The number of nitrogens with one attached hydrogen (secondary N) is 1. The van der Waals surface area contributed by atoms with Crippen molar-refractivity contribution >= 4 is 42.6 Å². The number of nitrogens with zero attached hydrogens (tertiary/aromatic N) is 2. The standard InChI is InChI=1S/C21H21N3O3S2/c1-4-12-24(13-5-2)29(26,27)16-10-11-18-19(14-16)28-21(22-18)23-20(25)17-9-7-6-8-15(17)3/h4-11,14H,1-2,12-13H2,3H3,(H,22,23,25). The number of rotatable bonds is 8. The van der Waals surface area contributed by atoms with Gasteiger partial charge in [-0.15, -0.1) is 13.2 Å². The molecule has 3 rings (SSSR count). The summed E-state index contributed by atoms with van der Waals surface area (Å²) in [5.41, 5.74) is 2.05. The molecule has 2 aromatic carbocycles. The summed E-state index contributed by atoms with van der Waals surface area (Å²) in [6.07, 6.45) is 3.07. The Morgan fingerprint density at radius 2 is 1.86 bits per heavy atom. The van der Waals surface area contributed by atoms with E-state index in [1.165, 1.54) is 33.9 Å². The maximum absolute atomic E-state index is 12.9. The van der Waals surface area contributed by atoms with E-state index in [0.717, 1.165) is 5.56 Å². The molecule has 1 N–H and O–H groups in total. The molecule has 150 valence electrons. The number of aryl methyl sites for hydroxylation is 1. The predicted octanol–water partition coefficient (Wildman–Crippen LogP) is 4.22. The third kappa shape index (κ3) is 4.45. The van der Waals surface area contributed by atoms with E-state index >= 15 is 0 Å². The zero-order valence-electron chi connectivity index (χ0n) is 16.0. The highest BCUT2D eigenvalue weighted by Gasteiger charge is 2.23. The van der Waals surface area contributed by atoms with Crippen LogP contribution in [0.1, 0.15) is 15.9 Å². The lowest BCUT2D eigenvalue weighted by molar-refractivity contribution is 0.102. The molecule has 0 aliphatic carbocycles. The minimum Gasteiger partial charge on any atom is -0.298 e. The summed E-state index contributed by atoms with van der Waals surface area (Å²) in [4.78, 5) is 17.1. The van der Waals surface area contributed by atoms with E-state index in [-0.39, 0.29) is 23.9 Å². The minimum absolute atomic E-state index is 0.161. The molecule has 0 bridgehead atoms. The fourth-order valence-electron chi connectivity index (χ4n) is 2.82. The number of carbonyl (C=O) groups excluding carboxylic acids is 1. The van der Waals surface area contributed by atoms with Crippen LogP contribution in [-0.4, -0.2) is 36.7 Å². The van der Waals surface area contributed by atoms with E-state index in [0.29, 0.717) is 20.9 Å². The number of benzene rings is 2. The number of carbonyl (C=O) groups is 1. The Labute approximate surface area is 174 Å². The van der Waals surface area contributed by atoms with Crippen LogP contribution in [0.25, 0.3) is 10.2 Å². The molecule has 1 heterocycles. The number of anilines is 1. The monoisotopic (exact) mass is 427 g/mol. The second-order valence-electron chi connectivity index (χ2n) is 6.32. The maximum Gasteiger partial charge on any atom is 0.257 e. The van der Waals surface area contributed by atoms with Crippen LogP contribution in [0.4, 0.5) is 5.13 Å². The largest absolute Gasteiger partial charge is 0.298 e. The van der Waals surface area contributed by atoms with E-state index in [1.54, 1.807) is 24.3 Å². The van der Waals surface area contributed by atoms with Crippen LogP contribution in [-0.2, 0) is 10.0 Å². The SMILES string of the molecule is C=CCN(CC=C)S(=O)(=O)c1ccc2nc(NC(=O)c3ccccc3C)sc2c1. The summed E-state index contributed by atoms with van der Waals surface area (Å²) in [5, 5.41) is 3.21. The first-order valence-electron chi connectivity index (χ1n) is 8.86. The van der Waals surface area contributed by atoms with Crippen molar-refractivity contribution in [1.82, 2.24) is 9.29 Å². The number of sulfonamides is 1. The van der Waals surface area contributed by atoms with Crippen molar-refractivity contribution in [2.75, 3.05) is 18.4 Å². The van der Waals surface area contributed by atoms with Crippen LogP contribution in [0.2, 0.25) is 0 Å². The van der Waals surface area contributed by atoms with Gasteiger partial charge in [0.2, 0.25) is 10.0 Å². The molecular weight excluding hydrogens is 406 g/mol. The number of fused-ring (bicyclic) bond motifs is 1. The van der Waals surface area contributed by atoms with Gasteiger partial charge in [-0.25, -0.2) is 13.4 Å². The number of aromatic nitrogens is 1. The van der Waals surface area contributed by atoms with E-state index in [4.69, 9.17) is 0 Å². The zero-order chi connectivity index (χ0) is 21.0. The normalized spacial score (nSPS) is 11.5. The van der Waals surface area contributed by atoms with Crippen molar-refractivity contribution in [3.05, 3.63) is 78.9 Å².